The monoisotopic (exact) mass is 374 g/mol. The van der Waals surface area contributed by atoms with E-state index in [9.17, 15) is 9.59 Å². The van der Waals surface area contributed by atoms with Crippen LogP contribution in [0.25, 0.3) is 0 Å². The molecule has 0 aliphatic carbocycles. The molecule has 4 rings (SSSR count). The molecule has 6 nitrogen and oxygen atoms in total. The molecule has 0 radical (unpaired) electrons. The average Bonchev–Trinajstić information content (AvgIpc) is 3.32. The van der Waals surface area contributed by atoms with Crippen LogP contribution in [0.3, 0.4) is 0 Å². The zero-order chi connectivity index (χ0) is 17.4. The van der Waals surface area contributed by atoms with Crippen molar-refractivity contribution in [3.63, 3.8) is 0 Å². The molecule has 130 valence electrons. The minimum absolute atomic E-state index is 0.0225. The molecule has 3 unspecified atom stereocenters. The highest BCUT2D eigenvalue weighted by Crippen LogP contribution is 2.31. The molecule has 2 saturated heterocycles. The van der Waals surface area contributed by atoms with E-state index in [0.29, 0.717) is 22.7 Å². The number of benzene rings is 1. The van der Waals surface area contributed by atoms with E-state index in [0.717, 1.165) is 22.1 Å². The summed E-state index contributed by atoms with van der Waals surface area (Å²) in [6.07, 6.45) is 3.40. The molecule has 0 saturated carbocycles. The van der Waals surface area contributed by atoms with Crippen LogP contribution in [0, 0.1) is 0 Å². The van der Waals surface area contributed by atoms with Crippen LogP contribution in [0.4, 0.5) is 0 Å². The maximum absolute atomic E-state index is 12.4. The number of fused-ring (bicyclic) bond motifs is 2. The quantitative estimate of drug-likeness (QED) is 0.783. The van der Waals surface area contributed by atoms with Crippen LogP contribution < -0.4 is 10.6 Å². The van der Waals surface area contributed by atoms with Crippen molar-refractivity contribution < 1.29 is 9.59 Å². The van der Waals surface area contributed by atoms with Crippen LogP contribution in [0.15, 0.2) is 33.5 Å². The fourth-order valence-electron chi connectivity index (χ4n) is 3.40. The van der Waals surface area contributed by atoms with Crippen LogP contribution in [-0.2, 0) is 0 Å². The molecule has 8 heteroatoms. The number of ketones is 1. The van der Waals surface area contributed by atoms with E-state index in [4.69, 9.17) is 0 Å². The van der Waals surface area contributed by atoms with E-state index in [1.165, 1.54) is 36.4 Å². The van der Waals surface area contributed by atoms with Gasteiger partial charge in [0.1, 0.15) is 0 Å². The van der Waals surface area contributed by atoms with E-state index >= 15 is 0 Å². The Morgan fingerprint density at radius 1 is 1.24 bits per heavy atom. The summed E-state index contributed by atoms with van der Waals surface area (Å²) in [6.45, 7) is 1.48. The van der Waals surface area contributed by atoms with E-state index in [1.54, 1.807) is 0 Å². The van der Waals surface area contributed by atoms with Crippen molar-refractivity contribution in [1.29, 1.82) is 0 Å². The SMILES string of the molecule is CC(=O)c1nnc(Sc2ccc(C(=O)NC3CC4CCC3N4)cc2)s1. The summed E-state index contributed by atoms with van der Waals surface area (Å²) in [6, 6.07) is 8.68. The number of aromatic nitrogens is 2. The van der Waals surface area contributed by atoms with Crippen LogP contribution in [0.1, 0.15) is 46.3 Å². The molecule has 1 aromatic carbocycles. The Bertz CT molecular complexity index is 805. The van der Waals surface area contributed by atoms with Crippen LogP contribution >= 0.6 is 23.1 Å². The fraction of sp³-hybridized carbons (Fsp3) is 0.412. The molecule has 2 aromatic rings. The topological polar surface area (TPSA) is 84.0 Å². The minimum Gasteiger partial charge on any atom is -0.348 e. The Balaban J connectivity index is 1.37. The normalized spacial score (nSPS) is 24.4. The summed E-state index contributed by atoms with van der Waals surface area (Å²) >= 11 is 2.72. The Morgan fingerprint density at radius 2 is 2.04 bits per heavy atom. The fourth-order valence-corrected chi connectivity index (χ4v) is 5.12. The number of nitrogens with zero attached hydrogens (tertiary/aromatic N) is 2. The van der Waals surface area contributed by atoms with E-state index in [-0.39, 0.29) is 17.7 Å². The lowest BCUT2D eigenvalue weighted by molar-refractivity contribution is 0.0930. The Hall–Kier alpha value is -1.77. The van der Waals surface area contributed by atoms with Crippen molar-refractivity contribution in [1.82, 2.24) is 20.8 Å². The number of nitrogens with one attached hydrogen (secondary N) is 2. The van der Waals surface area contributed by atoms with Gasteiger partial charge in [-0.3, -0.25) is 9.59 Å². The van der Waals surface area contributed by atoms with Gasteiger partial charge in [-0.15, -0.1) is 10.2 Å². The minimum atomic E-state index is -0.0773. The van der Waals surface area contributed by atoms with Crippen LogP contribution in [0.5, 0.6) is 0 Å². The van der Waals surface area contributed by atoms with Crippen LogP contribution in [-0.4, -0.2) is 40.0 Å². The predicted octanol–water partition coefficient (Wildman–Crippen LogP) is 2.51. The molecule has 0 spiro atoms. The molecular formula is C17H18N4O2S2. The number of hydrogen-bond donors (Lipinski definition) is 2. The van der Waals surface area contributed by atoms with Crippen molar-refractivity contribution in [2.24, 2.45) is 0 Å². The first kappa shape index (κ1) is 16.7. The zero-order valence-corrected chi connectivity index (χ0v) is 15.3. The van der Waals surface area contributed by atoms with Gasteiger partial charge in [0.15, 0.2) is 15.1 Å². The molecule has 2 aliphatic heterocycles. The van der Waals surface area contributed by atoms with Gasteiger partial charge in [0.25, 0.3) is 5.91 Å². The van der Waals surface area contributed by atoms with Gasteiger partial charge in [0, 0.05) is 35.5 Å². The summed E-state index contributed by atoms with van der Waals surface area (Å²) < 4.78 is 0.718. The van der Waals surface area contributed by atoms with Gasteiger partial charge < -0.3 is 10.6 Å². The number of Topliss-reactive ketones (excluding diaryl/α,β-unsaturated/α-hetero) is 1. The second-order valence-electron chi connectivity index (χ2n) is 6.42. The van der Waals surface area contributed by atoms with Gasteiger partial charge in [0.2, 0.25) is 0 Å². The van der Waals surface area contributed by atoms with Crippen molar-refractivity contribution in [3.8, 4) is 0 Å². The molecule has 2 aliphatic rings. The number of carbonyl (C=O) groups excluding carboxylic acids is 2. The van der Waals surface area contributed by atoms with Gasteiger partial charge in [-0.1, -0.05) is 23.1 Å². The van der Waals surface area contributed by atoms with E-state index in [1.807, 2.05) is 24.3 Å². The number of rotatable bonds is 5. The van der Waals surface area contributed by atoms with Gasteiger partial charge in [-0.05, 0) is 43.5 Å². The first-order valence-electron chi connectivity index (χ1n) is 8.28. The second-order valence-corrected chi connectivity index (χ2v) is 8.72. The Morgan fingerprint density at radius 3 is 2.64 bits per heavy atom. The number of hydrogen-bond acceptors (Lipinski definition) is 7. The third kappa shape index (κ3) is 3.61. The van der Waals surface area contributed by atoms with Gasteiger partial charge in [-0.2, -0.15) is 0 Å². The van der Waals surface area contributed by atoms with Crippen molar-refractivity contribution in [2.45, 2.75) is 53.5 Å². The standard InChI is InChI=1S/C17H18N4O2S2/c1-9(22)16-20-21-17(25-16)24-12-5-2-10(3-6-12)15(23)19-14-8-11-4-7-13(14)18-11/h2-3,5-6,11,13-14,18H,4,7-8H2,1H3,(H,19,23). The Labute approximate surface area is 153 Å². The summed E-state index contributed by atoms with van der Waals surface area (Å²) in [5.74, 6) is -0.0999. The number of carbonyl (C=O) groups is 2. The molecule has 2 bridgehead atoms. The van der Waals surface area contributed by atoms with Crippen molar-refractivity contribution >= 4 is 34.8 Å². The maximum atomic E-state index is 12.4. The van der Waals surface area contributed by atoms with Crippen LogP contribution in [0.2, 0.25) is 0 Å². The molecule has 25 heavy (non-hydrogen) atoms. The molecule has 1 aromatic heterocycles. The van der Waals surface area contributed by atoms with Crippen molar-refractivity contribution in [3.05, 3.63) is 34.8 Å². The second kappa shape index (κ2) is 6.86. The van der Waals surface area contributed by atoms with Gasteiger partial charge >= 0.3 is 0 Å². The third-order valence-corrected chi connectivity index (χ3v) is 6.73. The molecule has 1 amide bonds. The largest absolute Gasteiger partial charge is 0.348 e. The third-order valence-electron chi connectivity index (χ3n) is 4.65. The molecule has 3 heterocycles. The highest BCUT2D eigenvalue weighted by Gasteiger charge is 2.39. The summed E-state index contributed by atoms with van der Waals surface area (Å²) in [5, 5.41) is 15.0. The molecular weight excluding hydrogens is 356 g/mol. The zero-order valence-electron chi connectivity index (χ0n) is 13.7. The smallest absolute Gasteiger partial charge is 0.251 e. The molecule has 2 N–H and O–H groups in total. The molecule has 2 fully saturated rings. The maximum Gasteiger partial charge on any atom is 0.251 e. The first-order valence-corrected chi connectivity index (χ1v) is 9.91. The Kier molecular flexibility index (Phi) is 4.58. The highest BCUT2D eigenvalue weighted by molar-refractivity contribution is 8.01. The van der Waals surface area contributed by atoms with E-state index in [2.05, 4.69) is 20.8 Å². The lowest BCUT2D eigenvalue weighted by Gasteiger charge is -2.21. The van der Waals surface area contributed by atoms with Crippen molar-refractivity contribution in [2.75, 3.05) is 0 Å². The number of amides is 1. The average molecular weight is 374 g/mol. The lowest BCUT2D eigenvalue weighted by atomic mass is 9.95. The summed E-state index contributed by atoms with van der Waals surface area (Å²) in [7, 11) is 0. The predicted molar refractivity (Wildman–Crippen MR) is 96.3 cm³/mol. The summed E-state index contributed by atoms with van der Waals surface area (Å²) in [4.78, 5) is 24.7. The highest BCUT2D eigenvalue weighted by atomic mass is 32.2. The van der Waals surface area contributed by atoms with E-state index < -0.39 is 0 Å². The lowest BCUT2D eigenvalue weighted by Crippen LogP contribution is -2.42. The van der Waals surface area contributed by atoms with Gasteiger partial charge in [-0.25, -0.2) is 0 Å². The first-order chi connectivity index (χ1) is 12.1. The molecule has 3 atom stereocenters. The summed E-state index contributed by atoms with van der Waals surface area (Å²) in [5.41, 5.74) is 0.661. The van der Waals surface area contributed by atoms with Gasteiger partial charge in [0.05, 0.1) is 0 Å².